The fourth-order valence-electron chi connectivity index (χ4n) is 1.82. The molecule has 0 bridgehead atoms. The highest BCUT2D eigenvalue weighted by atomic mass is 16.5. The van der Waals surface area contributed by atoms with Crippen LogP contribution >= 0.6 is 0 Å². The summed E-state index contributed by atoms with van der Waals surface area (Å²) >= 11 is 0. The Morgan fingerprint density at radius 1 is 1.47 bits per heavy atom. The second-order valence-electron chi connectivity index (χ2n) is 3.41. The van der Waals surface area contributed by atoms with E-state index in [1.54, 1.807) is 24.3 Å². The highest BCUT2D eigenvalue weighted by molar-refractivity contribution is 6.11. The van der Waals surface area contributed by atoms with Crippen molar-refractivity contribution in [2.75, 3.05) is 13.2 Å². The van der Waals surface area contributed by atoms with Gasteiger partial charge in [-0.2, -0.15) is 0 Å². The monoisotopic (exact) mass is 209 g/mol. The molecule has 2 atom stereocenters. The molecule has 2 N–H and O–H groups in total. The molecule has 0 aromatic rings. The second kappa shape index (κ2) is 3.60. The van der Waals surface area contributed by atoms with Crippen molar-refractivity contribution in [1.82, 2.24) is 5.32 Å². The average Bonchev–Trinajstić information content (AvgIpc) is 2.50. The van der Waals surface area contributed by atoms with Gasteiger partial charge >= 0.3 is 0 Å². The maximum Gasteiger partial charge on any atom is 0.264 e. The number of allylic oxidation sites excluding steroid dienone is 2. The van der Waals surface area contributed by atoms with Gasteiger partial charge in [0.05, 0.1) is 19.1 Å². The van der Waals surface area contributed by atoms with E-state index in [0.29, 0.717) is 0 Å². The van der Waals surface area contributed by atoms with Crippen LogP contribution in [-0.4, -0.2) is 35.7 Å². The van der Waals surface area contributed by atoms with Crippen LogP contribution in [0, 0.1) is 5.92 Å². The fourth-order valence-corrected chi connectivity index (χ4v) is 1.82. The summed E-state index contributed by atoms with van der Waals surface area (Å²) in [6.45, 7) is -0.164. The number of carbonyl (C=O) groups excluding carboxylic acids is 2. The molecule has 0 aromatic carbocycles. The number of fused-ring (bicyclic) bond motifs is 1. The topological polar surface area (TPSA) is 75.6 Å². The molecule has 5 heteroatoms. The van der Waals surface area contributed by atoms with E-state index in [1.807, 2.05) is 0 Å². The smallest absolute Gasteiger partial charge is 0.264 e. The minimum Gasteiger partial charge on any atom is -0.394 e. The number of hydrogen-bond donors (Lipinski definition) is 2. The van der Waals surface area contributed by atoms with Gasteiger partial charge in [0.2, 0.25) is 5.91 Å². The number of carbonyl (C=O) groups is 2. The van der Waals surface area contributed by atoms with Gasteiger partial charge in [-0.05, 0) is 6.08 Å². The number of aliphatic hydroxyl groups is 1. The predicted molar refractivity (Wildman–Crippen MR) is 50.7 cm³/mol. The summed E-state index contributed by atoms with van der Waals surface area (Å²) < 4.78 is 5.31. The molecule has 0 aromatic heterocycles. The molecule has 2 aliphatic rings. The molecule has 0 saturated carbocycles. The van der Waals surface area contributed by atoms with E-state index >= 15 is 0 Å². The first-order valence-corrected chi connectivity index (χ1v) is 4.67. The zero-order valence-electron chi connectivity index (χ0n) is 7.97. The molecule has 1 aliphatic heterocycles. The van der Waals surface area contributed by atoms with Gasteiger partial charge in [-0.3, -0.25) is 14.9 Å². The van der Waals surface area contributed by atoms with E-state index in [-0.39, 0.29) is 19.1 Å². The molecule has 1 fully saturated rings. The van der Waals surface area contributed by atoms with Crippen LogP contribution in [0.1, 0.15) is 0 Å². The molecule has 80 valence electrons. The Kier molecular flexibility index (Phi) is 2.42. The van der Waals surface area contributed by atoms with Crippen LogP contribution in [0.15, 0.2) is 24.3 Å². The van der Waals surface area contributed by atoms with E-state index < -0.39 is 17.4 Å². The first-order valence-electron chi connectivity index (χ1n) is 4.67. The quantitative estimate of drug-likeness (QED) is 0.593. The summed E-state index contributed by atoms with van der Waals surface area (Å²) in [5, 5.41) is 10.9. The number of hydrogen-bond acceptors (Lipinski definition) is 4. The van der Waals surface area contributed by atoms with Crippen LogP contribution in [0.4, 0.5) is 0 Å². The van der Waals surface area contributed by atoms with E-state index in [9.17, 15) is 9.59 Å². The third kappa shape index (κ3) is 1.40. The first kappa shape index (κ1) is 10.1. The van der Waals surface area contributed by atoms with Crippen LogP contribution < -0.4 is 5.32 Å². The molecule has 0 radical (unpaired) electrons. The van der Waals surface area contributed by atoms with Gasteiger partial charge in [0, 0.05) is 0 Å². The molecule has 1 heterocycles. The molecular formula is C10H11NO4. The lowest BCUT2D eigenvalue weighted by Gasteiger charge is -2.28. The summed E-state index contributed by atoms with van der Waals surface area (Å²) in [6.07, 6.45) is 6.53. The summed E-state index contributed by atoms with van der Waals surface area (Å²) in [5.74, 6) is -1.45. The molecule has 0 spiro atoms. The Balaban J connectivity index is 2.31. The Morgan fingerprint density at radius 2 is 2.27 bits per heavy atom. The number of rotatable bonds is 3. The number of amides is 2. The van der Waals surface area contributed by atoms with Crippen molar-refractivity contribution in [3.05, 3.63) is 24.3 Å². The van der Waals surface area contributed by atoms with Gasteiger partial charge in [-0.25, -0.2) is 0 Å². The van der Waals surface area contributed by atoms with Crippen molar-refractivity contribution in [3.8, 4) is 0 Å². The zero-order valence-corrected chi connectivity index (χ0v) is 7.97. The van der Waals surface area contributed by atoms with Crippen molar-refractivity contribution in [2.45, 2.75) is 5.60 Å². The highest BCUT2D eigenvalue weighted by Crippen LogP contribution is 2.33. The van der Waals surface area contributed by atoms with E-state index in [4.69, 9.17) is 9.84 Å². The van der Waals surface area contributed by atoms with E-state index in [1.165, 1.54) is 0 Å². The fraction of sp³-hybridized carbons (Fsp3) is 0.400. The molecule has 2 rings (SSSR count). The highest BCUT2D eigenvalue weighted by Gasteiger charge is 2.54. The molecule has 2 unspecified atom stereocenters. The number of aliphatic hydroxyl groups excluding tert-OH is 1. The number of imide groups is 1. The summed E-state index contributed by atoms with van der Waals surface area (Å²) in [7, 11) is 0. The minimum atomic E-state index is -1.26. The average molecular weight is 209 g/mol. The largest absolute Gasteiger partial charge is 0.394 e. The van der Waals surface area contributed by atoms with E-state index in [2.05, 4.69) is 5.32 Å². The van der Waals surface area contributed by atoms with Gasteiger partial charge in [-0.15, -0.1) is 0 Å². The standard InChI is InChI=1S/C10H11NO4/c12-5-6-15-10-4-2-1-3-7(10)8(13)11-9(10)14/h1-4,7,12H,5-6H2,(H,11,13,14). The van der Waals surface area contributed by atoms with Crippen molar-refractivity contribution < 1.29 is 19.4 Å². The molecular weight excluding hydrogens is 198 g/mol. The maximum absolute atomic E-state index is 11.6. The zero-order chi connectivity index (χ0) is 10.9. The molecule has 15 heavy (non-hydrogen) atoms. The normalized spacial score (nSPS) is 33.0. The van der Waals surface area contributed by atoms with Gasteiger partial charge in [-0.1, -0.05) is 18.2 Å². The third-order valence-electron chi connectivity index (χ3n) is 2.53. The van der Waals surface area contributed by atoms with Crippen molar-refractivity contribution in [2.24, 2.45) is 5.92 Å². The lowest BCUT2D eigenvalue weighted by Crippen LogP contribution is -2.44. The first-order chi connectivity index (χ1) is 7.20. The molecule has 5 nitrogen and oxygen atoms in total. The van der Waals surface area contributed by atoms with Crippen molar-refractivity contribution in [3.63, 3.8) is 0 Å². The van der Waals surface area contributed by atoms with Crippen LogP contribution in [0.2, 0.25) is 0 Å². The minimum absolute atomic E-state index is 0.0232. The van der Waals surface area contributed by atoms with Crippen molar-refractivity contribution >= 4 is 11.8 Å². The van der Waals surface area contributed by atoms with Crippen molar-refractivity contribution in [1.29, 1.82) is 0 Å². The van der Waals surface area contributed by atoms with E-state index in [0.717, 1.165) is 0 Å². The second-order valence-corrected chi connectivity index (χ2v) is 3.41. The van der Waals surface area contributed by atoms with Gasteiger partial charge in [0.15, 0.2) is 5.60 Å². The Labute approximate surface area is 86.4 Å². The lowest BCUT2D eigenvalue weighted by atomic mass is 9.86. The number of nitrogens with one attached hydrogen (secondary N) is 1. The van der Waals surface area contributed by atoms with Gasteiger partial charge in [0.1, 0.15) is 0 Å². The Hall–Kier alpha value is -1.46. The van der Waals surface area contributed by atoms with Crippen LogP contribution in [0.5, 0.6) is 0 Å². The summed E-state index contributed by atoms with van der Waals surface area (Å²) in [5.41, 5.74) is -1.26. The van der Waals surface area contributed by atoms with Crippen LogP contribution in [-0.2, 0) is 14.3 Å². The number of ether oxygens (including phenoxy) is 1. The maximum atomic E-state index is 11.6. The molecule has 1 aliphatic carbocycles. The molecule has 1 saturated heterocycles. The summed E-state index contributed by atoms with van der Waals surface area (Å²) in [4.78, 5) is 23.1. The lowest BCUT2D eigenvalue weighted by molar-refractivity contribution is -0.139. The SMILES string of the molecule is O=C1NC(=O)C2(OCCO)C=CC=CC12. The Bertz CT molecular complexity index is 360. The Morgan fingerprint density at radius 3 is 3.00 bits per heavy atom. The predicted octanol–water partition coefficient (Wildman–Crippen LogP) is -0.867. The van der Waals surface area contributed by atoms with Crippen LogP contribution in [0.3, 0.4) is 0 Å². The van der Waals surface area contributed by atoms with Gasteiger partial charge < -0.3 is 9.84 Å². The van der Waals surface area contributed by atoms with Crippen LogP contribution in [0.25, 0.3) is 0 Å². The third-order valence-corrected chi connectivity index (χ3v) is 2.53. The van der Waals surface area contributed by atoms with Gasteiger partial charge in [0.25, 0.3) is 5.91 Å². The molecule has 2 amide bonds. The summed E-state index contributed by atoms with van der Waals surface area (Å²) in [6, 6.07) is 0.